The number of aliphatic hydroxyl groups excluding tert-OH is 1. The number of aliphatic hydroxyl groups is 1. The minimum atomic E-state index is -0.137. The van der Waals surface area contributed by atoms with Crippen molar-refractivity contribution in [2.45, 2.75) is 104 Å². The van der Waals surface area contributed by atoms with Crippen LogP contribution in [0, 0.1) is 40.4 Å². The Hall–Kier alpha value is -2.35. The minimum absolute atomic E-state index is 0.0948. The Morgan fingerprint density at radius 3 is 2.65 bits per heavy atom. The molecule has 0 spiro atoms. The van der Waals surface area contributed by atoms with Gasteiger partial charge in [0.15, 0.2) is 5.82 Å². The average molecular weight is 595 g/mol. The summed E-state index contributed by atoms with van der Waals surface area (Å²) in [4.78, 5) is 26.4. The molecule has 1 aliphatic heterocycles. The molecular formula is C35H54N4O4. The summed E-state index contributed by atoms with van der Waals surface area (Å²) >= 11 is 0. The summed E-state index contributed by atoms with van der Waals surface area (Å²) in [5.41, 5.74) is 2.24. The molecule has 3 saturated carbocycles. The number of amides is 1. The van der Waals surface area contributed by atoms with Crippen LogP contribution < -0.4 is 14.4 Å². The monoisotopic (exact) mass is 594 g/mol. The highest BCUT2D eigenvalue weighted by atomic mass is 16.5. The molecule has 8 heteroatoms. The second kappa shape index (κ2) is 11.9. The van der Waals surface area contributed by atoms with Crippen LogP contribution in [0.3, 0.4) is 0 Å². The van der Waals surface area contributed by atoms with Gasteiger partial charge in [-0.05, 0) is 105 Å². The van der Waals surface area contributed by atoms with E-state index in [9.17, 15) is 9.90 Å². The van der Waals surface area contributed by atoms with Crippen molar-refractivity contribution in [1.29, 1.82) is 0 Å². The number of anilines is 1. The van der Waals surface area contributed by atoms with Gasteiger partial charge in [0.1, 0.15) is 6.33 Å². The van der Waals surface area contributed by atoms with Crippen molar-refractivity contribution < 1.29 is 19.4 Å². The van der Waals surface area contributed by atoms with E-state index in [0.29, 0.717) is 60.4 Å². The zero-order chi connectivity index (χ0) is 30.5. The van der Waals surface area contributed by atoms with E-state index in [0.717, 1.165) is 49.3 Å². The number of piperazine rings is 1. The van der Waals surface area contributed by atoms with Crippen LogP contribution in [0.25, 0.3) is 0 Å². The standard InChI is InChI=1S/C35H54N4O4/c1-22(7-12-30(41)39-18-17-38(20-23(39)2)32-31(42-5)33(43-6)37-21-36-32)27-10-11-28-26-9-8-24-19-25(40)13-15-34(24,3)29(26)14-16-35(27,28)4/h8,21-23,25-29,40H,7,9-20H2,1-6H3/t22-,23+,25+,26+,27-,28+,29+,34+,35-/m1/s1. The van der Waals surface area contributed by atoms with Gasteiger partial charge in [-0.1, -0.05) is 32.4 Å². The Labute approximate surface area is 258 Å². The molecule has 0 radical (unpaired) electrons. The molecule has 0 unspecified atom stereocenters. The normalized spacial score (nSPS) is 38.0. The van der Waals surface area contributed by atoms with Gasteiger partial charge in [0.05, 0.1) is 20.3 Å². The average Bonchev–Trinajstić information content (AvgIpc) is 3.36. The second-order valence-corrected chi connectivity index (χ2v) is 15.0. The van der Waals surface area contributed by atoms with Crippen molar-refractivity contribution in [3.8, 4) is 11.6 Å². The number of methoxy groups -OCH3 is 2. The highest BCUT2D eigenvalue weighted by Crippen LogP contribution is 2.67. The summed E-state index contributed by atoms with van der Waals surface area (Å²) in [6, 6.07) is 0.0948. The Morgan fingerprint density at radius 1 is 1.09 bits per heavy atom. The maximum atomic E-state index is 13.6. The zero-order valence-corrected chi connectivity index (χ0v) is 27.3. The SMILES string of the molecule is COc1ncnc(N2CCN(C(=O)CC[C@@H](C)[C@H]3CC[C@H]4[C@@H]5CC=C6C[C@@H](O)CC[C@]6(C)[C@H]5CC[C@]34C)[C@@H](C)C2)c1OC. The highest BCUT2D eigenvalue weighted by molar-refractivity contribution is 5.77. The van der Waals surface area contributed by atoms with Gasteiger partial charge < -0.3 is 24.4 Å². The largest absolute Gasteiger partial charge is 0.489 e. The Kier molecular flexibility index (Phi) is 8.46. The Morgan fingerprint density at radius 2 is 1.91 bits per heavy atom. The van der Waals surface area contributed by atoms with E-state index in [1.807, 2.05) is 0 Å². The third-order valence-corrected chi connectivity index (χ3v) is 13.0. The third kappa shape index (κ3) is 5.23. The number of ether oxygens (including phenoxy) is 2. The number of rotatable bonds is 7. The number of carbonyl (C=O) groups excluding carboxylic acids is 1. The fraction of sp³-hybridized carbons (Fsp3) is 0.800. The quantitative estimate of drug-likeness (QED) is 0.394. The smallest absolute Gasteiger partial charge is 0.262 e. The van der Waals surface area contributed by atoms with Crippen molar-refractivity contribution in [3.05, 3.63) is 18.0 Å². The van der Waals surface area contributed by atoms with E-state index in [-0.39, 0.29) is 18.1 Å². The molecule has 0 bridgehead atoms. The summed E-state index contributed by atoms with van der Waals surface area (Å²) < 4.78 is 10.9. The van der Waals surface area contributed by atoms with Crippen LogP contribution in [0.4, 0.5) is 5.82 Å². The lowest BCUT2D eigenvalue weighted by atomic mass is 9.47. The Bertz CT molecular complexity index is 1220. The van der Waals surface area contributed by atoms with Crippen molar-refractivity contribution in [2.75, 3.05) is 38.8 Å². The molecule has 5 aliphatic rings. The van der Waals surface area contributed by atoms with Gasteiger partial charge in [0, 0.05) is 32.1 Å². The molecule has 1 saturated heterocycles. The van der Waals surface area contributed by atoms with E-state index in [2.05, 4.69) is 53.5 Å². The summed E-state index contributed by atoms with van der Waals surface area (Å²) in [6.07, 6.45) is 15.0. The van der Waals surface area contributed by atoms with Gasteiger partial charge in [-0.25, -0.2) is 4.98 Å². The lowest BCUT2D eigenvalue weighted by Crippen LogP contribution is -2.54. The van der Waals surface area contributed by atoms with Crippen LogP contribution in [-0.2, 0) is 4.79 Å². The van der Waals surface area contributed by atoms with Crippen molar-refractivity contribution in [3.63, 3.8) is 0 Å². The zero-order valence-electron chi connectivity index (χ0n) is 27.3. The molecule has 4 fully saturated rings. The number of allylic oxidation sites excluding steroid dienone is 1. The molecular weight excluding hydrogens is 540 g/mol. The number of hydrogen-bond acceptors (Lipinski definition) is 7. The molecule has 1 N–H and O–H groups in total. The first-order valence-corrected chi connectivity index (χ1v) is 17.0. The van der Waals surface area contributed by atoms with E-state index in [1.165, 1.54) is 38.4 Å². The van der Waals surface area contributed by atoms with E-state index in [4.69, 9.17) is 9.47 Å². The predicted octanol–water partition coefficient (Wildman–Crippen LogP) is 5.89. The van der Waals surface area contributed by atoms with Crippen LogP contribution in [0.15, 0.2) is 18.0 Å². The number of hydrogen-bond donors (Lipinski definition) is 1. The number of fused-ring (bicyclic) bond motifs is 5. The van der Waals surface area contributed by atoms with Crippen molar-refractivity contribution in [1.82, 2.24) is 14.9 Å². The van der Waals surface area contributed by atoms with E-state index in [1.54, 1.807) is 19.8 Å². The van der Waals surface area contributed by atoms with Crippen molar-refractivity contribution in [2.24, 2.45) is 40.4 Å². The molecule has 238 valence electrons. The van der Waals surface area contributed by atoms with Gasteiger partial charge in [-0.3, -0.25) is 4.79 Å². The molecule has 2 heterocycles. The van der Waals surface area contributed by atoms with Crippen LogP contribution in [0.5, 0.6) is 11.6 Å². The first kappa shape index (κ1) is 30.7. The molecule has 1 aromatic rings. The van der Waals surface area contributed by atoms with E-state index >= 15 is 0 Å². The number of aromatic nitrogens is 2. The molecule has 43 heavy (non-hydrogen) atoms. The number of carbonyl (C=O) groups is 1. The molecule has 9 atom stereocenters. The lowest BCUT2D eigenvalue weighted by molar-refractivity contribution is -0.134. The molecule has 1 aromatic heterocycles. The maximum absolute atomic E-state index is 13.6. The fourth-order valence-corrected chi connectivity index (χ4v) is 10.7. The van der Waals surface area contributed by atoms with Gasteiger partial charge in [0.25, 0.3) is 5.88 Å². The van der Waals surface area contributed by atoms with Gasteiger partial charge in [0.2, 0.25) is 11.7 Å². The summed E-state index contributed by atoms with van der Waals surface area (Å²) in [7, 11) is 3.19. The fourth-order valence-electron chi connectivity index (χ4n) is 10.7. The van der Waals surface area contributed by atoms with Crippen molar-refractivity contribution >= 4 is 11.7 Å². The van der Waals surface area contributed by atoms with Crippen LogP contribution >= 0.6 is 0 Å². The lowest BCUT2D eigenvalue weighted by Gasteiger charge is -2.58. The highest BCUT2D eigenvalue weighted by Gasteiger charge is 2.59. The molecule has 0 aromatic carbocycles. The van der Waals surface area contributed by atoms with Crippen LogP contribution in [0.1, 0.15) is 91.9 Å². The van der Waals surface area contributed by atoms with Gasteiger partial charge in [-0.2, -0.15) is 4.98 Å². The maximum Gasteiger partial charge on any atom is 0.262 e. The van der Waals surface area contributed by atoms with Crippen LogP contribution in [-0.4, -0.2) is 71.9 Å². The van der Waals surface area contributed by atoms with E-state index < -0.39 is 0 Å². The summed E-state index contributed by atoms with van der Waals surface area (Å²) in [6.45, 7) is 11.8. The molecule has 6 rings (SSSR count). The predicted molar refractivity (Wildman–Crippen MR) is 168 cm³/mol. The summed E-state index contributed by atoms with van der Waals surface area (Å²) in [5, 5.41) is 10.3. The first-order chi connectivity index (χ1) is 20.6. The van der Waals surface area contributed by atoms with Gasteiger partial charge >= 0.3 is 0 Å². The minimum Gasteiger partial charge on any atom is -0.489 e. The molecule has 4 aliphatic carbocycles. The molecule has 8 nitrogen and oxygen atoms in total. The molecule has 1 amide bonds. The second-order valence-electron chi connectivity index (χ2n) is 15.0. The first-order valence-electron chi connectivity index (χ1n) is 17.0. The summed E-state index contributed by atoms with van der Waals surface area (Å²) in [5.74, 6) is 5.58. The van der Waals surface area contributed by atoms with Crippen LogP contribution in [0.2, 0.25) is 0 Å². The topological polar surface area (TPSA) is 88.0 Å². The van der Waals surface area contributed by atoms with Gasteiger partial charge in [-0.15, -0.1) is 0 Å². The third-order valence-electron chi connectivity index (χ3n) is 13.0. The Balaban J connectivity index is 1.06. The number of nitrogens with zero attached hydrogens (tertiary/aromatic N) is 4.